The van der Waals surface area contributed by atoms with Crippen LogP contribution in [0.15, 0.2) is 41.8 Å². The average molecular weight is 238 g/mol. The Bertz CT molecular complexity index is 408. The standard InChI is InChI=1S/C12H12ClNS/c13-10-5-3-9(4-6-10)8-11(14)12-2-1-7-15-12/h1-7,11H,8,14H2. The van der Waals surface area contributed by atoms with E-state index in [1.165, 1.54) is 10.4 Å². The minimum atomic E-state index is 0.0891. The molecule has 78 valence electrons. The zero-order valence-corrected chi connectivity index (χ0v) is 9.76. The molecule has 0 aliphatic rings. The number of halogens is 1. The average Bonchev–Trinajstić information content (AvgIpc) is 2.74. The van der Waals surface area contributed by atoms with E-state index in [1.807, 2.05) is 30.3 Å². The van der Waals surface area contributed by atoms with E-state index in [1.54, 1.807) is 11.3 Å². The molecule has 2 N–H and O–H groups in total. The molecule has 15 heavy (non-hydrogen) atoms. The molecule has 1 aromatic heterocycles. The zero-order valence-electron chi connectivity index (χ0n) is 8.19. The van der Waals surface area contributed by atoms with Gasteiger partial charge in [0.1, 0.15) is 0 Å². The lowest BCUT2D eigenvalue weighted by atomic mass is 10.1. The third kappa shape index (κ3) is 2.81. The summed E-state index contributed by atoms with van der Waals surface area (Å²) in [5, 5.41) is 2.82. The summed E-state index contributed by atoms with van der Waals surface area (Å²) < 4.78 is 0. The third-order valence-corrected chi connectivity index (χ3v) is 3.53. The van der Waals surface area contributed by atoms with E-state index in [9.17, 15) is 0 Å². The maximum Gasteiger partial charge on any atom is 0.0430 e. The van der Waals surface area contributed by atoms with E-state index < -0.39 is 0 Å². The van der Waals surface area contributed by atoms with Crippen molar-refractivity contribution >= 4 is 22.9 Å². The van der Waals surface area contributed by atoms with Crippen LogP contribution in [0.4, 0.5) is 0 Å². The van der Waals surface area contributed by atoms with Crippen molar-refractivity contribution in [3.63, 3.8) is 0 Å². The molecule has 0 aliphatic carbocycles. The number of rotatable bonds is 3. The van der Waals surface area contributed by atoms with Crippen LogP contribution in [-0.4, -0.2) is 0 Å². The largest absolute Gasteiger partial charge is 0.323 e. The van der Waals surface area contributed by atoms with Gasteiger partial charge in [0.15, 0.2) is 0 Å². The Morgan fingerprint density at radius 3 is 2.53 bits per heavy atom. The monoisotopic (exact) mass is 237 g/mol. The van der Waals surface area contributed by atoms with Gasteiger partial charge in [0, 0.05) is 15.9 Å². The lowest BCUT2D eigenvalue weighted by Gasteiger charge is -2.09. The highest BCUT2D eigenvalue weighted by Crippen LogP contribution is 2.21. The van der Waals surface area contributed by atoms with Crippen LogP contribution >= 0.6 is 22.9 Å². The van der Waals surface area contributed by atoms with Crippen molar-refractivity contribution in [2.45, 2.75) is 12.5 Å². The summed E-state index contributed by atoms with van der Waals surface area (Å²) in [7, 11) is 0. The van der Waals surface area contributed by atoms with E-state index in [0.29, 0.717) is 0 Å². The van der Waals surface area contributed by atoms with Crippen molar-refractivity contribution in [3.05, 3.63) is 57.2 Å². The van der Waals surface area contributed by atoms with E-state index in [0.717, 1.165) is 11.4 Å². The Kier molecular flexibility index (Phi) is 3.41. The van der Waals surface area contributed by atoms with Gasteiger partial charge in [-0.15, -0.1) is 11.3 Å². The summed E-state index contributed by atoms with van der Waals surface area (Å²) in [4.78, 5) is 1.23. The first kappa shape index (κ1) is 10.7. The van der Waals surface area contributed by atoms with Gasteiger partial charge in [0.2, 0.25) is 0 Å². The van der Waals surface area contributed by atoms with E-state index in [-0.39, 0.29) is 6.04 Å². The summed E-state index contributed by atoms with van der Waals surface area (Å²) in [5.41, 5.74) is 7.31. The van der Waals surface area contributed by atoms with Crippen LogP contribution in [0.2, 0.25) is 5.02 Å². The van der Waals surface area contributed by atoms with Gasteiger partial charge in [0.05, 0.1) is 0 Å². The van der Waals surface area contributed by atoms with Gasteiger partial charge in [-0.3, -0.25) is 0 Å². The smallest absolute Gasteiger partial charge is 0.0430 e. The molecule has 1 nitrogen and oxygen atoms in total. The third-order valence-electron chi connectivity index (χ3n) is 2.28. The highest BCUT2D eigenvalue weighted by Gasteiger charge is 2.07. The van der Waals surface area contributed by atoms with E-state index >= 15 is 0 Å². The first-order chi connectivity index (χ1) is 7.25. The Morgan fingerprint density at radius 1 is 1.20 bits per heavy atom. The maximum absolute atomic E-state index is 6.09. The maximum atomic E-state index is 6.09. The van der Waals surface area contributed by atoms with Crippen molar-refractivity contribution < 1.29 is 0 Å². The Morgan fingerprint density at radius 2 is 1.93 bits per heavy atom. The first-order valence-electron chi connectivity index (χ1n) is 4.79. The second-order valence-electron chi connectivity index (χ2n) is 3.45. The van der Waals surface area contributed by atoms with Crippen molar-refractivity contribution in [2.75, 3.05) is 0 Å². The van der Waals surface area contributed by atoms with Crippen molar-refractivity contribution in [2.24, 2.45) is 5.73 Å². The van der Waals surface area contributed by atoms with Gasteiger partial charge in [0.25, 0.3) is 0 Å². The molecule has 0 radical (unpaired) electrons. The van der Waals surface area contributed by atoms with Crippen molar-refractivity contribution in [1.29, 1.82) is 0 Å². The van der Waals surface area contributed by atoms with Crippen LogP contribution in [0, 0.1) is 0 Å². The Balaban J connectivity index is 2.06. The zero-order chi connectivity index (χ0) is 10.7. The minimum absolute atomic E-state index is 0.0891. The van der Waals surface area contributed by atoms with Crippen LogP contribution < -0.4 is 5.73 Å². The van der Waals surface area contributed by atoms with Gasteiger partial charge in [-0.2, -0.15) is 0 Å². The van der Waals surface area contributed by atoms with Crippen LogP contribution in [0.3, 0.4) is 0 Å². The van der Waals surface area contributed by atoms with Crippen LogP contribution in [-0.2, 0) is 6.42 Å². The molecule has 0 saturated carbocycles. The number of benzene rings is 1. The Hall–Kier alpha value is -0.830. The van der Waals surface area contributed by atoms with E-state index in [4.69, 9.17) is 17.3 Å². The van der Waals surface area contributed by atoms with Crippen molar-refractivity contribution in [3.8, 4) is 0 Å². The number of hydrogen-bond donors (Lipinski definition) is 1. The molecular formula is C12H12ClNS. The summed E-state index contributed by atoms with van der Waals surface area (Å²) in [5.74, 6) is 0. The molecule has 2 aromatic rings. The molecule has 0 bridgehead atoms. The number of hydrogen-bond acceptors (Lipinski definition) is 2. The SMILES string of the molecule is NC(Cc1ccc(Cl)cc1)c1cccs1. The van der Waals surface area contributed by atoms with Gasteiger partial charge in [-0.1, -0.05) is 29.8 Å². The molecule has 1 atom stereocenters. The van der Waals surface area contributed by atoms with Crippen LogP contribution in [0.5, 0.6) is 0 Å². The molecule has 0 saturated heterocycles. The first-order valence-corrected chi connectivity index (χ1v) is 6.05. The summed E-state index contributed by atoms with van der Waals surface area (Å²) in [6.07, 6.45) is 0.859. The van der Waals surface area contributed by atoms with Gasteiger partial charge < -0.3 is 5.73 Å². The van der Waals surface area contributed by atoms with Gasteiger partial charge in [-0.25, -0.2) is 0 Å². The molecule has 1 heterocycles. The highest BCUT2D eigenvalue weighted by atomic mass is 35.5. The van der Waals surface area contributed by atoms with Gasteiger partial charge in [-0.05, 0) is 35.6 Å². The molecule has 2 rings (SSSR count). The van der Waals surface area contributed by atoms with Crippen LogP contribution in [0.1, 0.15) is 16.5 Å². The van der Waals surface area contributed by atoms with Crippen LogP contribution in [0.25, 0.3) is 0 Å². The predicted molar refractivity (Wildman–Crippen MR) is 66.4 cm³/mol. The molecule has 0 amide bonds. The van der Waals surface area contributed by atoms with Gasteiger partial charge >= 0.3 is 0 Å². The summed E-state index contributed by atoms with van der Waals surface area (Å²) in [6.45, 7) is 0. The molecule has 0 fully saturated rings. The fraction of sp³-hybridized carbons (Fsp3) is 0.167. The quantitative estimate of drug-likeness (QED) is 0.867. The molecule has 0 aliphatic heterocycles. The molecule has 0 spiro atoms. The lowest BCUT2D eigenvalue weighted by Crippen LogP contribution is -2.11. The molecule has 3 heteroatoms. The lowest BCUT2D eigenvalue weighted by molar-refractivity contribution is 0.736. The predicted octanol–water partition coefficient (Wildman–Crippen LogP) is 3.64. The molecular weight excluding hydrogens is 226 g/mol. The summed E-state index contributed by atoms with van der Waals surface area (Å²) in [6, 6.07) is 12.0. The second kappa shape index (κ2) is 4.79. The second-order valence-corrected chi connectivity index (χ2v) is 4.87. The highest BCUT2D eigenvalue weighted by molar-refractivity contribution is 7.10. The Labute approximate surface area is 98.5 Å². The number of nitrogens with two attached hydrogens (primary N) is 1. The minimum Gasteiger partial charge on any atom is -0.323 e. The van der Waals surface area contributed by atoms with Crippen molar-refractivity contribution in [1.82, 2.24) is 0 Å². The molecule has 1 unspecified atom stereocenters. The summed E-state index contributed by atoms with van der Waals surface area (Å²) >= 11 is 7.52. The fourth-order valence-corrected chi connectivity index (χ4v) is 2.33. The fourth-order valence-electron chi connectivity index (χ4n) is 1.48. The topological polar surface area (TPSA) is 26.0 Å². The van der Waals surface area contributed by atoms with E-state index in [2.05, 4.69) is 11.4 Å². The normalized spacial score (nSPS) is 12.7. The number of thiophene rings is 1. The molecule has 1 aromatic carbocycles.